The molecule has 4 heteroatoms. The van der Waals surface area contributed by atoms with Crippen LogP contribution in [0.3, 0.4) is 0 Å². The zero-order valence-corrected chi connectivity index (χ0v) is 5.48. The van der Waals surface area contributed by atoms with Gasteiger partial charge in [0.15, 0.2) is 0 Å². The van der Waals surface area contributed by atoms with Crippen LogP contribution in [0.1, 0.15) is 6.92 Å². The lowest BCUT2D eigenvalue weighted by atomic mass is 10.7. The third-order valence-corrected chi connectivity index (χ3v) is 1.74. The van der Waals surface area contributed by atoms with Gasteiger partial charge in [-0.25, -0.2) is 0 Å². The van der Waals surface area contributed by atoms with Crippen LogP contribution in [0.4, 0.5) is 0 Å². The van der Waals surface area contributed by atoms with Crippen LogP contribution in [-0.4, -0.2) is 23.1 Å². The lowest BCUT2D eigenvalue weighted by Crippen LogP contribution is -2.26. The second-order valence-electron chi connectivity index (χ2n) is 1.60. The number of nitrogens with zero attached hydrogens (tertiary/aromatic N) is 1. The minimum Gasteiger partial charge on any atom is -0.775 e. The van der Waals surface area contributed by atoms with E-state index in [2.05, 4.69) is 0 Å². The Hall–Kier alpha value is 0.230. The Kier molecular flexibility index (Phi) is 2.13. The lowest BCUT2D eigenvalue weighted by molar-refractivity contribution is 0.103. The molecule has 0 N–H and O–H groups in total. The predicted octanol–water partition coefficient (Wildman–Crippen LogP) is 0.811. The molecule has 0 aromatic carbocycles. The van der Waals surface area contributed by atoms with Gasteiger partial charge < -0.3 is 14.4 Å². The van der Waals surface area contributed by atoms with Crippen LogP contribution in [0.15, 0.2) is 0 Å². The summed E-state index contributed by atoms with van der Waals surface area (Å²) >= 11 is 1.20. The fourth-order valence-corrected chi connectivity index (χ4v) is 1.21. The van der Waals surface area contributed by atoms with Crippen LogP contribution in [0.5, 0.6) is 0 Å². The van der Waals surface area contributed by atoms with Gasteiger partial charge in [0.05, 0.1) is 6.61 Å². The highest BCUT2D eigenvalue weighted by atomic mass is 32.2. The summed E-state index contributed by atoms with van der Waals surface area (Å²) in [6.45, 7) is 2.93. The van der Waals surface area contributed by atoms with E-state index in [0.29, 0.717) is 13.2 Å². The van der Waals surface area contributed by atoms with Gasteiger partial charge in [0.1, 0.15) is 5.44 Å². The first-order valence-corrected chi connectivity index (χ1v) is 3.36. The minimum atomic E-state index is 0.0428. The molecule has 1 saturated heterocycles. The summed E-state index contributed by atoms with van der Waals surface area (Å²) in [5.74, 6) is 0. The molecule has 48 valence electrons. The van der Waals surface area contributed by atoms with Crippen molar-refractivity contribution in [3.05, 3.63) is 5.21 Å². The Morgan fingerprint density at radius 3 is 3.00 bits per heavy atom. The molecule has 0 amide bonds. The van der Waals surface area contributed by atoms with Gasteiger partial charge in [0.2, 0.25) is 0 Å². The third-order valence-electron chi connectivity index (χ3n) is 0.892. The highest BCUT2D eigenvalue weighted by Gasteiger charge is 2.08. The standard InChI is InChI=1S/C4H8NO2S/c1-4-7-3-2-5(6)8-4/h4H,2-3H2,1H3/q-1. The molecule has 1 fully saturated rings. The summed E-state index contributed by atoms with van der Waals surface area (Å²) < 4.78 is 6.02. The van der Waals surface area contributed by atoms with E-state index < -0.39 is 0 Å². The van der Waals surface area contributed by atoms with Crippen molar-refractivity contribution in [3.8, 4) is 0 Å². The van der Waals surface area contributed by atoms with Crippen LogP contribution in [0.25, 0.3) is 0 Å². The third kappa shape index (κ3) is 1.63. The normalized spacial score (nSPS) is 33.0. The molecule has 0 aromatic rings. The number of hydrogen-bond acceptors (Lipinski definition) is 4. The predicted molar refractivity (Wildman–Crippen MR) is 33.1 cm³/mol. The summed E-state index contributed by atoms with van der Waals surface area (Å²) in [6, 6.07) is 0. The summed E-state index contributed by atoms with van der Waals surface area (Å²) in [4.78, 5) is 0. The maximum atomic E-state index is 10.5. The highest BCUT2D eigenvalue weighted by Crippen LogP contribution is 2.19. The van der Waals surface area contributed by atoms with E-state index in [-0.39, 0.29) is 5.44 Å². The quantitative estimate of drug-likeness (QED) is 0.459. The Morgan fingerprint density at radius 2 is 2.62 bits per heavy atom. The molecule has 3 nitrogen and oxygen atoms in total. The number of ether oxygens (including phenoxy) is 1. The summed E-state index contributed by atoms with van der Waals surface area (Å²) in [6.07, 6.45) is 0. The van der Waals surface area contributed by atoms with Gasteiger partial charge in [-0.15, -0.1) is 0 Å². The molecule has 1 aliphatic rings. The SMILES string of the molecule is CC1OCCN([O-])S1. The Bertz CT molecular complexity index is 72.4. The molecular weight excluding hydrogens is 126 g/mol. The van der Waals surface area contributed by atoms with Gasteiger partial charge in [-0.2, -0.15) is 0 Å². The van der Waals surface area contributed by atoms with E-state index in [0.717, 1.165) is 4.47 Å². The molecular formula is C4H8NO2S-. The summed E-state index contributed by atoms with van der Waals surface area (Å²) in [5.41, 5.74) is 0.0428. The van der Waals surface area contributed by atoms with E-state index >= 15 is 0 Å². The van der Waals surface area contributed by atoms with E-state index in [1.165, 1.54) is 11.9 Å². The van der Waals surface area contributed by atoms with Crippen LogP contribution in [0, 0.1) is 5.21 Å². The van der Waals surface area contributed by atoms with Gasteiger partial charge in [-0.1, -0.05) is 11.9 Å². The van der Waals surface area contributed by atoms with Crippen LogP contribution < -0.4 is 0 Å². The van der Waals surface area contributed by atoms with E-state index in [9.17, 15) is 5.21 Å². The first-order valence-electron chi connectivity index (χ1n) is 2.52. The monoisotopic (exact) mass is 134 g/mol. The molecule has 1 heterocycles. The van der Waals surface area contributed by atoms with Crippen molar-refractivity contribution in [2.24, 2.45) is 0 Å². The zero-order valence-electron chi connectivity index (χ0n) is 4.66. The van der Waals surface area contributed by atoms with Crippen molar-refractivity contribution in [1.82, 2.24) is 4.47 Å². The van der Waals surface area contributed by atoms with Crippen molar-refractivity contribution in [2.45, 2.75) is 12.4 Å². The molecule has 1 atom stereocenters. The van der Waals surface area contributed by atoms with Crippen molar-refractivity contribution in [3.63, 3.8) is 0 Å². The number of rotatable bonds is 0. The second kappa shape index (κ2) is 2.68. The molecule has 1 rings (SSSR count). The maximum absolute atomic E-state index is 10.5. The maximum Gasteiger partial charge on any atom is 0.113 e. The fraction of sp³-hybridized carbons (Fsp3) is 1.00. The number of hydrogen-bond donors (Lipinski definition) is 0. The molecule has 0 spiro atoms. The minimum absolute atomic E-state index is 0.0428. The molecule has 8 heavy (non-hydrogen) atoms. The average Bonchev–Trinajstić information content (AvgIpc) is 1.64. The highest BCUT2D eigenvalue weighted by molar-refractivity contribution is 7.97. The molecule has 1 unspecified atom stereocenters. The van der Waals surface area contributed by atoms with Crippen molar-refractivity contribution in [1.29, 1.82) is 0 Å². The average molecular weight is 134 g/mol. The fourth-order valence-electron chi connectivity index (χ4n) is 0.542. The summed E-state index contributed by atoms with van der Waals surface area (Å²) in [7, 11) is 0. The van der Waals surface area contributed by atoms with E-state index in [1.807, 2.05) is 6.92 Å². The summed E-state index contributed by atoms with van der Waals surface area (Å²) in [5, 5.41) is 10.5. The first-order chi connectivity index (χ1) is 3.79. The molecule has 0 bridgehead atoms. The van der Waals surface area contributed by atoms with Crippen LogP contribution in [-0.2, 0) is 4.74 Å². The number of hydroxylamine groups is 1. The van der Waals surface area contributed by atoms with E-state index in [1.54, 1.807) is 0 Å². The van der Waals surface area contributed by atoms with Gasteiger partial charge in [0.25, 0.3) is 0 Å². The first kappa shape index (κ1) is 6.35. The Morgan fingerprint density at radius 1 is 1.88 bits per heavy atom. The lowest BCUT2D eigenvalue weighted by Gasteiger charge is -2.34. The van der Waals surface area contributed by atoms with Crippen molar-refractivity contribution in [2.75, 3.05) is 13.2 Å². The van der Waals surface area contributed by atoms with Crippen molar-refractivity contribution >= 4 is 11.9 Å². The Balaban J connectivity index is 2.23. The molecule has 0 aromatic heterocycles. The van der Waals surface area contributed by atoms with E-state index in [4.69, 9.17) is 4.74 Å². The Labute approximate surface area is 52.7 Å². The van der Waals surface area contributed by atoms with Gasteiger partial charge in [0, 0.05) is 6.54 Å². The second-order valence-corrected chi connectivity index (χ2v) is 2.88. The van der Waals surface area contributed by atoms with Crippen LogP contribution in [0.2, 0.25) is 0 Å². The zero-order chi connectivity index (χ0) is 5.98. The molecule has 1 aliphatic heterocycles. The molecule has 0 saturated carbocycles. The van der Waals surface area contributed by atoms with Gasteiger partial charge in [-0.3, -0.25) is 0 Å². The van der Waals surface area contributed by atoms with Gasteiger partial charge in [-0.05, 0) is 6.92 Å². The van der Waals surface area contributed by atoms with Crippen LogP contribution >= 0.6 is 11.9 Å². The molecule has 0 radical (unpaired) electrons. The topological polar surface area (TPSA) is 35.5 Å². The van der Waals surface area contributed by atoms with Gasteiger partial charge >= 0.3 is 0 Å². The van der Waals surface area contributed by atoms with Crippen molar-refractivity contribution < 1.29 is 4.74 Å². The largest absolute Gasteiger partial charge is 0.775 e. The smallest absolute Gasteiger partial charge is 0.113 e. The molecule has 0 aliphatic carbocycles.